The van der Waals surface area contributed by atoms with Crippen LogP contribution in [0, 0.1) is 0 Å². The normalized spacial score (nSPS) is 11.5. The van der Waals surface area contributed by atoms with Gasteiger partial charge < -0.3 is 0 Å². The highest BCUT2D eigenvalue weighted by Gasteiger charge is 2.22. The van der Waals surface area contributed by atoms with Crippen molar-refractivity contribution in [3.8, 4) is 55.6 Å². The maximum atomic E-state index is 2.34. The lowest BCUT2D eigenvalue weighted by Crippen LogP contribution is -2.03. The molecule has 0 aliphatic carbocycles. The second-order valence-corrected chi connectivity index (χ2v) is 17.0. The quantitative estimate of drug-likeness (QED) is 0.106. The molecule has 0 aliphatic heterocycles. The van der Waals surface area contributed by atoms with E-state index < -0.39 is 0 Å². The molecule has 0 radical (unpaired) electrons. The molecular formula is C65H44. The Labute approximate surface area is 380 Å². The van der Waals surface area contributed by atoms with Gasteiger partial charge in [-0.25, -0.2) is 0 Å². The minimum absolute atomic E-state index is 0.149. The zero-order chi connectivity index (χ0) is 43.1. The summed E-state index contributed by atoms with van der Waals surface area (Å²) in [5.74, 6) is 0.149. The van der Waals surface area contributed by atoms with Crippen LogP contribution >= 0.6 is 0 Å². The molecule has 0 atom stereocenters. The first-order valence-corrected chi connectivity index (χ1v) is 22.6. The summed E-state index contributed by atoms with van der Waals surface area (Å²) in [6.07, 6.45) is 0. The molecule has 0 amide bonds. The van der Waals surface area contributed by atoms with E-state index in [0.717, 1.165) is 0 Å². The molecule has 304 valence electrons. The van der Waals surface area contributed by atoms with E-state index in [1.54, 1.807) is 0 Å². The molecule has 0 saturated carbocycles. The summed E-state index contributed by atoms with van der Waals surface area (Å²) in [5, 5.41) is 10.0. The summed E-state index contributed by atoms with van der Waals surface area (Å²) in [5.41, 5.74) is 16.3. The van der Waals surface area contributed by atoms with Gasteiger partial charge in [0.05, 0.1) is 0 Å². The largest absolute Gasteiger partial charge is 0.0622 e. The zero-order valence-corrected chi connectivity index (χ0v) is 35.9. The average molecular weight is 825 g/mol. The van der Waals surface area contributed by atoms with Crippen LogP contribution in [0.2, 0.25) is 0 Å². The van der Waals surface area contributed by atoms with Crippen LogP contribution in [0.5, 0.6) is 0 Å². The van der Waals surface area contributed by atoms with E-state index in [1.165, 1.54) is 115 Å². The summed E-state index contributed by atoms with van der Waals surface area (Å²) in [4.78, 5) is 0. The van der Waals surface area contributed by atoms with Gasteiger partial charge in [-0.3, -0.25) is 0 Å². The van der Waals surface area contributed by atoms with Crippen molar-refractivity contribution in [1.29, 1.82) is 0 Å². The molecule has 0 bridgehead atoms. The van der Waals surface area contributed by atoms with Crippen molar-refractivity contribution in [1.82, 2.24) is 0 Å². The van der Waals surface area contributed by atoms with Crippen LogP contribution in [0.1, 0.15) is 22.6 Å². The molecule has 0 aliphatic rings. The van der Waals surface area contributed by atoms with E-state index in [1.807, 2.05) is 0 Å². The molecule has 0 fully saturated rings. The van der Waals surface area contributed by atoms with Gasteiger partial charge in [-0.05, 0) is 115 Å². The Morgan fingerprint density at radius 1 is 0.169 bits per heavy atom. The molecule has 12 aromatic carbocycles. The molecule has 12 rings (SSSR count). The standard InChI is InChI=1S/C65H44/c1-4-20-44(21-5-1)51-26-10-11-27-52(51)65-59-34-18-16-32-57(59)64(58-33-17-19-35-60(58)65)50-42-40-49(41-43-50)63-55-30-14-12-28-53(55)62(54-29-13-15-31-56(54)63)48-38-36-47(37-39-48)61(45-22-6-2-7-23-45)46-24-8-3-9-25-46/h1-43,61H. The van der Waals surface area contributed by atoms with Crippen molar-refractivity contribution in [2.24, 2.45) is 0 Å². The van der Waals surface area contributed by atoms with E-state index in [4.69, 9.17) is 0 Å². The lowest BCUT2D eigenvalue weighted by Gasteiger charge is -2.21. The SMILES string of the molecule is c1ccc(-c2ccccc2-c2c3ccccc3c(-c3ccc(-c4c5ccccc5c(-c5ccc(C(c6ccccc6)c6ccccc6)cc5)c5ccccc45)cc3)c3ccccc23)cc1. The average Bonchev–Trinajstić information content (AvgIpc) is 3.38. The van der Waals surface area contributed by atoms with Crippen molar-refractivity contribution < 1.29 is 0 Å². The third kappa shape index (κ3) is 6.71. The molecule has 0 saturated heterocycles. The third-order valence-electron chi connectivity index (χ3n) is 13.4. The first-order chi connectivity index (χ1) is 32.3. The fraction of sp³-hybridized carbons (Fsp3) is 0.0154. The Kier molecular flexibility index (Phi) is 9.69. The van der Waals surface area contributed by atoms with Crippen molar-refractivity contribution in [2.45, 2.75) is 5.92 Å². The van der Waals surface area contributed by atoms with Gasteiger partial charge in [0.2, 0.25) is 0 Å². The van der Waals surface area contributed by atoms with Crippen LogP contribution < -0.4 is 0 Å². The fourth-order valence-corrected chi connectivity index (χ4v) is 10.6. The van der Waals surface area contributed by atoms with Crippen LogP contribution in [0.4, 0.5) is 0 Å². The minimum Gasteiger partial charge on any atom is -0.0622 e. The lowest BCUT2D eigenvalue weighted by atomic mass is 9.82. The van der Waals surface area contributed by atoms with E-state index in [-0.39, 0.29) is 5.92 Å². The summed E-state index contributed by atoms with van der Waals surface area (Å²) in [6.45, 7) is 0. The van der Waals surface area contributed by atoms with Crippen LogP contribution in [-0.2, 0) is 0 Å². The van der Waals surface area contributed by atoms with Crippen molar-refractivity contribution in [2.75, 3.05) is 0 Å². The molecular weight excluding hydrogens is 781 g/mol. The number of benzene rings is 12. The van der Waals surface area contributed by atoms with Crippen LogP contribution in [-0.4, -0.2) is 0 Å². The summed E-state index contributed by atoms with van der Waals surface area (Å²) < 4.78 is 0. The molecule has 65 heavy (non-hydrogen) atoms. The molecule has 0 spiro atoms. The molecule has 0 nitrogen and oxygen atoms in total. The molecule has 0 heteroatoms. The van der Waals surface area contributed by atoms with Crippen molar-refractivity contribution >= 4 is 43.1 Å². The van der Waals surface area contributed by atoms with Gasteiger partial charge in [-0.15, -0.1) is 0 Å². The van der Waals surface area contributed by atoms with Crippen LogP contribution in [0.15, 0.2) is 261 Å². The predicted molar refractivity (Wildman–Crippen MR) is 277 cm³/mol. The molecule has 0 heterocycles. The maximum absolute atomic E-state index is 2.34. The van der Waals surface area contributed by atoms with Crippen molar-refractivity contribution in [3.63, 3.8) is 0 Å². The Hall–Kier alpha value is -8.32. The summed E-state index contributed by atoms with van der Waals surface area (Å²) >= 11 is 0. The smallest absolute Gasteiger partial charge is 0.0339 e. The lowest BCUT2D eigenvalue weighted by molar-refractivity contribution is 0.978. The van der Waals surface area contributed by atoms with Crippen LogP contribution in [0.3, 0.4) is 0 Å². The van der Waals surface area contributed by atoms with Gasteiger partial charge in [-0.2, -0.15) is 0 Å². The Morgan fingerprint density at radius 2 is 0.431 bits per heavy atom. The summed E-state index contributed by atoms with van der Waals surface area (Å²) in [6, 6.07) is 95.9. The fourth-order valence-electron chi connectivity index (χ4n) is 10.6. The highest BCUT2D eigenvalue weighted by atomic mass is 14.2. The van der Waals surface area contributed by atoms with E-state index in [0.29, 0.717) is 0 Å². The number of hydrogen-bond donors (Lipinski definition) is 0. The van der Waals surface area contributed by atoms with Crippen LogP contribution in [0.25, 0.3) is 98.7 Å². The van der Waals surface area contributed by atoms with E-state index in [2.05, 4.69) is 261 Å². The molecule has 0 aromatic heterocycles. The Morgan fingerprint density at radius 3 is 0.800 bits per heavy atom. The molecule has 0 unspecified atom stereocenters. The van der Waals surface area contributed by atoms with Gasteiger partial charge >= 0.3 is 0 Å². The first kappa shape index (κ1) is 38.4. The van der Waals surface area contributed by atoms with Gasteiger partial charge in [0.15, 0.2) is 0 Å². The Balaban J connectivity index is 0.991. The van der Waals surface area contributed by atoms with Gasteiger partial charge in [0.1, 0.15) is 0 Å². The molecule has 12 aromatic rings. The molecule has 0 N–H and O–H groups in total. The number of hydrogen-bond acceptors (Lipinski definition) is 0. The second-order valence-electron chi connectivity index (χ2n) is 17.0. The minimum atomic E-state index is 0.149. The highest BCUT2D eigenvalue weighted by molar-refractivity contribution is 6.23. The predicted octanol–water partition coefficient (Wildman–Crippen LogP) is 17.8. The Bertz CT molecular complexity index is 3510. The first-order valence-electron chi connectivity index (χ1n) is 22.6. The third-order valence-corrected chi connectivity index (χ3v) is 13.4. The highest BCUT2D eigenvalue weighted by Crippen LogP contribution is 2.48. The second kappa shape index (κ2) is 16.4. The zero-order valence-electron chi connectivity index (χ0n) is 35.9. The maximum Gasteiger partial charge on any atom is 0.0339 e. The number of fused-ring (bicyclic) bond motifs is 4. The topological polar surface area (TPSA) is 0 Å². The van der Waals surface area contributed by atoms with Gasteiger partial charge in [0.25, 0.3) is 0 Å². The summed E-state index contributed by atoms with van der Waals surface area (Å²) in [7, 11) is 0. The van der Waals surface area contributed by atoms with Gasteiger partial charge in [0, 0.05) is 5.92 Å². The van der Waals surface area contributed by atoms with E-state index in [9.17, 15) is 0 Å². The van der Waals surface area contributed by atoms with Gasteiger partial charge in [-0.1, -0.05) is 261 Å². The van der Waals surface area contributed by atoms with E-state index >= 15 is 0 Å². The van der Waals surface area contributed by atoms with Crippen molar-refractivity contribution in [3.05, 3.63) is 278 Å². The monoisotopic (exact) mass is 824 g/mol. The number of rotatable bonds is 8.